The number of benzene rings is 1. The van der Waals surface area contributed by atoms with Gasteiger partial charge in [0.1, 0.15) is 0 Å². The lowest BCUT2D eigenvalue weighted by Gasteiger charge is -2.07. The third-order valence-electron chi connectivity index (χ3n) is 4.73. The van der Waals surface area contributed by atoms with Crippen molar-refractivity contribution < 1.29 is 14.9 Å². The number of aryl methyl sites for hydroxylation is 1. The number of aromatic hydroxyl groups is 2. The Balaban J connectivity index is 1.82. The topological polar surface area (TPSA) is 49.7 Å². The van der Waals surface area contributed by atoms with Crippen LogP contribution in [0.15, 0.2) is 18.2 Å². The number of unbranched alkanes of at least 4 members (excludes halogenated alkanes) is 10. The van der Waals surface area contributed by atoms with Crippen LogP contribution in [0.25, 0.3) is 0 Å². The molecule has 0 unspecified atom stereocenters. The quantitative estimate of drug-likeness (QED) is 0.269. The molecule has 2 N–H and O–H groups in total. The number of hydrogen-bond acceptors (Lipinski definition) is 3. The lowest BCUT2D eigenvalue weighted by atomic mass is 10.0. The van der Waals surface area contributed by atoms with Crippen molar-refractivity contribution in [2.24, 2.45) is 0 Å². The molecule has 0 atom stereocenters. The second-order valence-corrected chi connectivity index (χ2v) is 7.04. The summed E-state index contributed by atoms with van der Waals surface area (Å²) in [5.41, 5.74) is 0.839. The van der Waals surface area contributed by atoms with Crippen LogP contribution >= 0.6 is 0 Å². The normalized spacial score (nSPS) is 11.1. The lowest BCUT2D eigenvalue weighted by Crippen LogP contribution is -1.97. The van der Waals surface area contributed by atoms with E-state index in [4.69, 9.17) is 4.74 Å². The number of hydrogen-bond donors (Lipinski definition) is 2. The van der Waals surface area contributed by atoms with Gasteiger partial charge in [-0.05, 0) is 37.3 Å². The van der Waals surface area contributed by atoms with Gasteiger partial charge < -0.3 is 14.9 Å². The van der Waals surface area contributed by atoms with Gasteiger partial charge in [-0.15, -0.1) is 0 Å². The molecule has 25 heavy (non-hydrogen) atoms. The molecule has 1 aromatic rings. The first-order valence-electron chi connectivity index (χ1n) is 10.3. The predicted octanol–water partition coefficient (Wildman–Crippen LogP) is 6.36. The summed E-state index contributed by atoms with van der Waals surface area (Å²) in [4.78, 5) is 0. The second kappa shape index (κ2) is 15.1. The molecule has 0 aliphatic rings. The lowest BCUT2D eigenvalue weighted by molar-refractivity contribution is 0.125. The van der Waals surface area contributed by atoms with E-state index in [2.05, 4.69) is 6.92 Å². The van der Waals surface area contributed by atoms with Crippen LogP contribution in [0, 0.1) is 0 Å². The second-order valence-electron chi connectivity index (χ2n) is 7.04. The number of ether oxygens (including phenoxy) is 1. The van der Waals surface area contributed by atoms with E-state index in [0.717, 1.165) is 50.9 Å². The average molecular weight is 351 g/mol. The molecule has 0 aromatic heterocycles. The number of phenolic OH excluding ortho intramolecular Hbond substituents is 2. The van der Waals surface area contributed by atoms with Gasteiger partial charge in [-0.25, -0.2) is 0 Å². The van der Waals surface area contributed by atoms with Crippen LogP contribution in [0.4, 0.5) is 0 Å². The summed E-state index contributed by atoms with van der Waals surface area (Å²) in [6, 6.07) is 5.17. The van der Waals surface area contributed by atoms with Crippen LogP contribution in [-0.4, -0.2) is 23.4 Å². The van der Waals surface area contributed by atoms with Crippen LogP contribution in [0.5, 0.6) is 11.5 Å². The van der Waals surface area contributed by atoms with E-state index >= 15 is 0 Å². The summed E-state index contributed by atoms with van der Waals surface area (Å²) in [6.45, 7) is 4.04. The van der Waals surface area contributed by atoms with Crippen molar-refractivity contribution in [3.63, 3.8) is 0 Å². The van der Waals surface area contributed by atoms with E-state index in [0.29, 0.717) is 0 Å². The Kier molecular flexibility index (Phi) is 13.2. The molecule has 0 amide bonds. The summed E-state index contributed by atoms with van der Waals surface area (Å²) in [5, 5.41) is 19.2. The Morgan fingerprint density at radius 1 is 0.720 bits per heavy atom. The van der Waals surface area contributed by atoms with Gasteiger partial charge in [0.2, 0.25) is 0 Å². The van der Waals surface area contributed by atoms with Gasteiger partial charge in [0.15, 0.2) is 11.5 Å². The van der Waals surface area contributed by atoms with Crippen LogP contribution in [-0.2, 0) is 11.2 Å². The summed E-state index contributed by atoms with van der Waals surface area (Å²) >= 11 is 0. The molecule has 0 saturated heterocycles. The maximum atomic E-state index is 9.74. The zero-order valence-electron chi connectivity index (χ0n) is 16.1. The van der Waals surface area contributed by atoms with Gasteiger partial charge in [-0.3, -0.25) is 0 Å². The van der Waals surface area contributed by atoms with Crippen LogP contribution < -0.4 is 0 Å². The van der Waals surface area contributed by atoms with E-state index in [1.807, 2.05) is 6.07 Å². The molecule has 0 radical (unpaired) electrons. The standard InChI is InChI=1S/C22H38O3/c1-2-3-4-5-6-7-9-12-18-25-19-13-10-8-11-15-20-16-14-17-21(23)22(20)24/h14,16-17,23-24H,2-13,15,18-19H2,1H3. The Morgan fingerprint density at radius 3 is 1.92 bits per heavy atom. The number of para-hydroxylation sites is 1. The fraction of sp³-hybridized carbons (Fsp3) is 0.727. The fourth-order valence-electron chi connectivity index (χ4n) is 3.09. The Bertz CT molecular complexity index is 431. The highest BCUT2D eigenvalue weighted by molar-refractivity contribution is 5.44. The smallest absolute Gasteiger partial charge is 0.160 e. The Morgan fingerprint density at radius 2 is 1.28 bits per heavy atom. The summed E-state index contributed by atoms with van der Waals surface area (Å²) in [7, 11) is 0. The number of phenols is 2. The van der Waals surface area contributed by atoms with Crippen LogP contribution in [0.2, 0.25) is 0 Å². The molecular weight excluding hydrogens is 312 g/mol. The van der Waals surface area contributed by atoms with E-state index in [9.17, 15) is 10.2 Å². The van der Waals surface area contributed by atoms with E-state index in [1.165, 1.54) is 57.4 Å². The molecule has 1 aromatic carbocycles. The minimum Gasteiger partial charge on any atom is -0.504 e. The maximum absolute atomic E-state index is 9.74. The van der Waals surface area contributed by atoms with Gasteiger partial charge >= 0.3 is 0 Å². The molecule has 144 valence electrons. The first kappa shape index (κ1) is 21.8. The van der Waals surface area contributed by atoms with Gasteiger partial charge in [0.25, 0.3) is 0 Å². The van der Waals surface area contributed by atoms with Gasteiger partial charge in [0, 0.05) is 13.2 Å². The van der Waals surface area contributed by atoms with Crippen molar-refractivity contribution >= 4 is 0 Å². The molecule has 0 bridgehead atoms. The van der Waals surface area contributed by atoms with E-state index in [-0.39, 0.29) is 11.5 Å². The molecule has 0 aliphatic carbocycles. The largest absolute Gasteiger partial charge is 0.504 e. The Labute approximate surface area is 154 Å². The highest BCUT2D eigenvalue weighted by Gasteiger charge is 2.04. The summed E-state index contributed by atoms with van der Waals surface area (Å²) < 4.78 is 5.71. The van der Waals surface area contributed by atoms with Gasteiger partial charge in [-0.1, -0.05) is 76.8 Å². The van der Waals surface area contributed by atoms with Crippen molar-refractivity contribution in [3.8, 4) is 11.5 Å². The Hall–Kier alpha value is -1.22. The van der Waals surface area contributed by atoms with Crippen molar-refractivity contribution in [2.45, 2.75) is 90.4 Å². The van der Waals surface area contributed by atoms with Crippen molar-refractivity contribution in [1.82, 2.24) is 0 Å². The van der Waals surface area contributed by atoms with Crippen LogP contribution in [0.1, 0.15) is 89.5 Å². The van der Waals surface area contributed by atoms with Crippen LogP contribution in [0.3, 0.4) is 0 Å². The minimum absolute atomic E-state index is 0.0214. The fourth-order valence-corrected chi connectivity index (χ4v) is 3.09. The highest BCUT2D eigenvalue weighted by atomic mass is 16.5. The highest BCUT2D eigenvalue weighted by Crippen LogP contribution is 2.29. The third-order valence-corrected chi connectivity index (χ3v) is 4.73. The van der Waals surface area contributed by atoms with Crippen molar-refractivity contribution in [1.29, 1.82) is 0 Å². The molecule has 0 fully saturated rings. The monoisotopic (exact) mass is 350 g/mol. The molecule has 3 nitrogen and oxygen atoms in total. The van der Waals surface area contributed by atoms with E-state index < -0.39 is 0 Å². The zero-order chi connectivity index (χ0) is 18.2. The molecule has 3 heteroatoms. The molecule has 0 heterocycles. The first-order valence-corrected chi connectivity index (χ1v) is 10.3. The van der Waals surface area contributed by atoms with Gasteiger partial charge in [0.05, 0.1) is 0 Å². The SMILES string of the molecule is CCCCCCCCCCOCCCCCCc1cccc(O)c1O. The minimum atomic E-state index is -0.0214. The van der Waals surface area contributed by atoms with Crippen molar-refractivity contribution in [3.05, 3.63) is 23.8 Å². The predicted molar refractivity (Wildman–Crippen MR) is 105 cm³/mol. The third kappa shape index (κ3) is 11.1. The summed E-state index contributed by atoms with van der Waals surface area (Å²) in [5.74, 6) is 0.0167. The maximum Gasteiger partial charge on any atom is 0.160 e. The zero-order valence-corrected chi connectivity index (χ0v) is 16.1. The van der Waals surface area contributed by atoms with Crippen molar-refractivity contribution in [2.75, 3.05) is 13.2 Å². The molecule has 0 saturated carbocycles. The van der Waals surface area contributed by atoms with Gasteiger partial charge in [-0.2, -0.15) is 0 Å². The molecule has 1 rings (SSSR count). The average Bonchev–Trinajstić information content (AvgIpc) is 2.61. The molecule has 0 spiro atoms. The first-order chi connectivity index (χ1) is 12.3. The number of rotatable bonds is 16. The molecular formula is C22H38O3. The summed E-state index contributed by atoms with van der Waals surface area (Å²) in [6.07, 6.45) is 16.0. The molecule has 0 aliphatic heterocycles. The van der Waals surface area contributed by atoms with E-state index in [1.54, 1.807) is 6.07 Å².